The number of benzene rings is 2. The fraction of sp³-hybridized carbons (Fsp3) is 0.235. The maximum atomic E-state index is 12.9. The monoisotopic (exact) mass is 323 g/mol. The van der Waals surface area contributed by atoms with Gasteiger partial charge in [0.05, 0.1) is 11.7 Å². The number of nitrogens with one attached hydrogen (secondary N) is 1. The molecule has 1 atom stereocenters. The van der Waals surface area contributed by atoms with Crippen molar-refractivity contribution in [3.8, 4) is 0 Å². The van der Waals surface area contributed by atoms with Gasteiger partial charge in [-0.3, -0.25) is 4.79 Å². The molecule has 0 aromatic heterocycles. The van der Waals surface area contributed by atoms with Crippen LogP contribution in [0, 0.1) is 6.92 Å². The smallest absolute Gasteiger partial charge is 0.387 e. The van der Waals surface area contributed by atoms with Gasteiger partial charge in [-0.15, -0.1) is 0 Å². The number of aryl methyl sites for hydroxylation is 1. The summed E-state index contributed by atoms with van der Waals surface area (Å²) in [4.78, 5) is 12.0. The molecule has 0 aliphatic carbocycles. The Kier molecular flexibility index (Phi) is 5.05. The largest absolute Gasteiger partial charge is 0.416 e. The van der Waals surface area contributed by atoms with Gasteiger partial charge in [0.2, 0.25) is 0 Å². The average molecular weight is 323 g/mol. The fourth-order valence-corrected chi connectivity index (χ4v) is 2.27. The van der Waals surface area contributed by atoms with Crippen LogP contribution < -0.4 is 5.32 Å². The van der Waals surface area contributed by atoms with Crippen LogP contribution in [-0.2, 0) is 6.18 Å². The molecule has 122 valence electrons. The van der Waals surface area contributed by atoms with Crippen molar-refractivity contribution < 1.29 is 23.1 Å². The van der Waals surface area contributed by atoms with Gasteiger partial charge in [-0.2, -0.15) is 13.2 Å². The molecule has 2 aromatic rings. The molecule has 0 aliphatic heterocycles. The van der Waals surface area contributed by atoms with Crippen LogP contribution in [0.1, 0.15) is 33.2 Å². The van der Waals surface area contributed by atoms with E-state index in [-0.39, 0.29) is 12.1 Å². The standard InChI is InChI=1S/C17H16F3NO2/c1-11-6-2-3-7-12(11)16(23)21-10-15(22)13-8-4-5-9-14(13)17(18,19)20/h2-9,15,22H,10H2,1H3,(H,21,23). The quantitative estimate of drug-likeness (QED) is 0.905. The van der Waals surface area contributed by atoms with E-state index in [0.29, 0.717) is 5.56 Å². The highest BCUT2D eigenvalue weighted by molar-refractivity contribution is 5.95. The molecule has 0 bridgehead atoms. The minimum atomic E-state index is -4.56. The first-order chi connectivity index (χ1) is 10.8. The highest BCUT2D eigenvalue weighted by Crippen LogP contribution is 2.34. The maximum absolute atomic E-state index is 12.9. The first-order valence-corrected chi connectivity index (χ1v) is 6.98. The molecule has 0 fully saturated rings. The lowest BCUT2D eigenvalue weighted by Crippen LogP contribution is -2.29. The normalized spacial score (nSPS) is 12.7. The minimum Gasteiger partial charge on any atom is -0.387 e. The van der Waals surface area contributed by atoms with Crippen molar-refractivity contribution in [1.29, 1.82) is 0 Å². The number of carbonyl (C=O) groups excluding carboxylic acids is 1. The molecule has 2 rings (SSSR count). The minimum absolute atomic E-state index is 0.259. The molecule has 3 nitrogen and oxygen atoms in total. The topological polar surface area (TPSA) is 49.3 Å². The van der Waals surface area contributed by atoms with Crippen molar-refractivity contribution in [3.05, 3.63) is 70.8 Å². The van der Waals surface area contributed by atoms with E-state index in [9.17, 15) is 23.1 Å². The zero-order chi connectivity index (χ0) is 17.0. The second-order valence-electron chi connectivity index (χ2n) is 5.13. The Hall–Kier alpha value is -2.34. The highest BCUT2D eigenvalue weighted by atomic mass is 19.4. The Morgan fingerprint density at radius 2 is 1.74 bits per heavy atom. The summed E-state index contributed by atoms with van der Waals surface area (Å²) in [7, 11) is 0. The molecule has 0 saturated heterocycles. The molecule has 0 saturated carbocycles. The third-order valence-corrected chi connectivity index (χ3v) is 3.47. The lowest BCUT2D eigenvalue weighted by Gasteiger charge is -2.18. The van der Waals surface area contributed by atoms with Crippen LogP contribution in [0.3, 0.4) is 0 Å². The van der Waals surface area contributed by atoms with E-state index < -0.39 is 23.8 Å². The molecule has 0 spiro atoms. The van der Waals surface area contributed by atoms with E-state index in [0.717, 1.165) is 11.6 Å². The van der Waals surface area contributed by atoms with Crippen LogP contribution >= 0.6 is 0 Å². The number of alkyl halides is 3. The zero-order valence-corrected chi connectivity index (χ0v) is 12.4. The van der Waals surface area contributed by atoms with Crippen molar-refractivity contribution in [3.63, 3.8) is 0 Å². The summed E-state index contributed by atoms with van der Waals surface area (Å²) in [5.41, 5.74) is 0.00159. The number of rotatable bonds is 4. The van der Waals surface area contributed by atoms with E-state index >= 15 is 0 Å². The highest BCUT2D eigenvalue weighted by Gasteiger charge is 2.34. The Morgan fingerprint density at radius 1 is 1.13 bits per heavy atom. The predicted molar refractivity (Wildman–Crippen MR) is 79.9 cm³/mol. The van der Waals surface area contributed by atoms with E-state index in [1.54, 1.807) is 31.2 Å². The first-order valence-electron chi connectivity index (χ1n) is 6.98. The predicted octanol–water partition coefficient (Wildman–Crippen LogP) is 3.48. The van der Waals surface area contributed by atoms with Crippen LogP contribution in [0.15, 0.2) is 48.5 Å². The Morgan fingerprint density at radius 3 is 2.39 bits per heavy atom. The second kappa shape index (κ2) is 6.83. The second-order valence-corrected chi connectivity index (χ2v) is 5.13. The van der Waals surface area contributed by atoms with Gasteiger partial charge in [0.15, 0.2) is 0 Å². The zero-order valence-electron chi connectivity index (χ0n) is 12.4. The molecule has 0 radical (unpaired) electrons. The Balaban J connectivity index is 2.11. The molecule has 0 aliphatic rings. The summed E-state index contributed by atoms with van der Waals surface area (Å²) in [5.74, 6) is -0.438. The van der Waals surface area contributed by atoms with Crippen LogP contribution in [-0.4, -0.2) is 17.6 Å². The van der Waals surface area contributed by atoms with Gasteiger partial charge in [0, 0.05) is 12.1 Å². The van der Waals surface area contributed by atoms with Gasteiger partial charge in [0.1, 0.15) is 0 Å². The molecule has 0 heterocycles. The molecule has 1 amide bonds. The van der Waals surface area contributed by atoms with Crippen LogP contribution in [0.4, 0.5) is 13.2 Å². The summed E-state index contributed by atoms with van der Waals surface area (Å²) in [6, 6.07) is 11.6. The number of carbonyl (C=O) groups is 1. The SMILES string of the molecule is Cc1ccccc1C(=O)NCC(O)c1ccccc1C(F)(F)F. The van der Waals surface area contributed by atoms with E-state index in [1.165, 1.54) is 18.2 Å². The van der Waals surface area contributed by atoms with Gasteiger partial charge in [-0.25, -0.2) is 0 Å². The van der Waals surface area contributed by atoms with Gasteiger partial charge < -0.3 is 10.4 Å². The van der Waals surface area contributed by atoms with Gasteiger partial charge in [-0.1, -0.05) is 36.4 Å². The van der Waals surface area contributed by atoms with Crippen LogP contribution in [0.25, 0.3) is 0 Å². The first kappa shape index (κ1) is 17.0. The van der Waals surface area contributed by atoms with Gasteiger partial charge in [-0.05, 0) is 30.2 Å². The molecule has 2 N–H and O–H groups in total. The van der Waals surface area contributed by atoms with Gasteiger partial charge in [0.25, 0.3) is 5.91 Å². The molecule has 6 heteroatoms. The number of aliphatic hydroxyl groups is 1. The summed E-state index contributed by atoms with van der Waals surface area (Å²) in [6.45, 7) is 1.45. The Bertz CT molecular complexity index is 698. The van der Waals surface area contributed by atoms with E-state index in [4.69, 9.17) is 0 Å². The molecular weight excluding hydrogens is 307 g/mol. The fourth-order valence-electron chi connectivity index (χ4n) is 2.27. The van der Waals surface area contributed by atoms with Crippen molar-refractivity contribution in [1.82, 2.24) is 5.32 Å². The number of amides is 1. The Labute approximate surface area is 131 Å². The lowest BCUT2D eigenvalue weighted by molar-refractivity contribution is -0.139. The van der Waals surface area contributed by atoms with Crippen molar-refractivity contribution >= 4 is 5.91 Å². The van der Waals surface area contributed by atoms with Crippen molar-refractivity contribution in [2.45, 2.75) is 19.2 Å². The number of hydrogen-bond acceptors (Lipinski definition) is 2. The molecule has 23 heavy (non-hydrogen) atoms. The van der Waals surface area contributed by atoms with E-state index in [2.05, 4.69) is 5.32 Å². The van der Waals surface area contributed by atoms with E-state index in [1.807, 2.05) is 0 Å². The summed E-state index contributed by atoms with van der Waals surface area (Å²) >= 11 is 0. The molecule has 2 aromatic carbocycles. The number of hydrogen-bond donors (Lipinski definition) is 2. The van der Waals surface area contributed by atoms with Crippen LogP contribution in [0.5, 0.6) is 0 Å². The number of aliphatic hydroxyl groups excluding tert-OH is 1. The third-order valence-electron chi connectivity index (χ3n) is 3.47. The maximum Gasteiger partial charge on any atom is 0.416 e. The average Bonchev–Trinajstić information content (AvgIpc) is 2.52. The summed E-state index contributed by atoms with van der Waals surface area (Å²) < 4.78 is 38.8. The van der Waals surface area contributed by atoms with Gasteiger partial charge >= 0.3 is 6.18 Å². The van der Waals surface area contributed by atoms with Crippen molar-refractivity contribution in [2.75, 3.05) is 6.54 Å². The number of halogens is 3. The third kappa shape index (κ3) is 4.10. The van der Waals surface area contributed by atoms with Crippen LogP contribution in [0.2, 0.25) is 0 Å². The molecule has 1 unspecified atom stereocenters. The molecular formula is C17H16F3NO2. The van der Waals surface area contributed by atoms with Crippen molar-refractivity contribution in [2.24, 2.45) is 0 Å². The lowest BCUT2D eigenvalue weighted by atomic mass is 10.0. The summed E-state index contributed by atoms with van der Waals surface area (Å²) in [5, 5.41) is 12.5. The summed E-state index contributed by atoms with van der Waals surface area (Å²) in [6.07, 6.45) is -6.00.